The van der Waals surface area contributed by atoms with E-state index in [1.54, 1.807) is 4.31 Å². The third-order valence-electron chi connectivity index (χ3n) is 6.15. The fraction of sp³-hybridized carbons (Fsp3) is 0.385. The molecule has 0 atom stereocenters. The highest BCUT2D eigenvalue weighted by molar-refractivity contribution is 7.88. The molecule has 1 aliphatic rings. The van der Waals surface area contributed by atoms with Gasteiger partial charge >= 0.3 is 0 Å². The summed E-state index contributed by atoms with van der Waals surface area (Å²) in [7, 11) is -3.37. The molecule has 1 aromatic heterocycles. The van der Waals surface area contributed by atoms with E-state index >= 15 is 0 Å². The maximum absolute atomic E-state index is 13.1. The second-order valence-electron chi connectivity index (χ2n) is 8.80. The van der Waals surface area contributed by atoms with Crippen molar-refractivity contribution < 1.29 is 8.42 Å². The predicted molar refractivity (Wildman–Crippen MR) is 133 cm³/mol. The molecule has 7 heteroatoms. The van der Waals surface area contributed by atoms with Gasteiger partial charge in [0.15, 0.2) is 0 Å². The van der Waals surface area contributed by atoms with Crippen molar-refractivity contribution in [2.24, 2.45) is 0 Å². The van der Waals surface area contributed by atoms with Crippen molar-refractivity contribution in [1.82, 2.24) is 14.3 Å². The number of aryl methyl sites for hydroxylation is 3. The number of anilines is 1. The van der Waals surface area contributed by atoms with Gasteiger partial charge in [-0.1, -0.05) is 60.2 Å². The Hall–Kier alpha value is -2.77. The molecular weight excluding hydrogens is 432 g/mol. The van der Waals surface area contributed by atoms with Crippen molar-refractivity contribution >= 4 is 15.8 Å². The Labute approximate surface area is 197 Å². The molecule has 1 fully saturated rings. The summed E-state index contributed by atoms with van der Waals surface area (Å²) in [6, 6.07) is 17.9. The molecule has 0 aliphatic carbocycles. The van der Waals surface area contributed by atoms with E-state index < -0.39 is 10.0 Å². The van der Waals surface area contributed by atoms with Crippen LogP contribution in [0.3, 0.4) is 0 Å². The Balaban J connectivity index is 1.54. The number of hydrogen-bond donors (Lipinski definition) is 0. The van der Waals surface area contributed by atoms with Crippen LogP contribution in [0.4, 0.5) is 5.82 Å². The smallest absolute Gasteiger partial charge is 0.218 e. The second kappa shape index (κ2) is 10.0. The lowest BCUT2D eigenvalue weighted by molar-refractivity contribution is 0.432. The summed E-state index contributed by atoms with van der Waals surface area (Å²) in [6.45, 7) is 8.42. The summed E-state index contributed by atoms with van der Waals surface area (Å²) in [5, 5.41) is 0. The van der Waals surface area contributed by atoms with Crippen LogP contribution in [-0.4, -0.2) is 48.9 Å². The highest BCUT2D eigenvalue weighted by Crippen LogP contribution is 2.26. The van der Waals surface area contributed by atoms with Crippen LogP contribution < -0.4 is 4.90 Å². The zero-order valence-corrected chi connectivity index (χ0v) is 20.5. The molecule has 174 valence electrons. The first kappa shape index (κ1) is 23.4. The summed E-state index contributed by atoms with van der Waals surface area (Å²) in [5.74, 6) is 1.72. The molecular formula is C26H32N4O2S. The normalized spacial score (nSPS) is 15.4. The molecule has 0 N–H and O–H groups in total. The van der Waals surface area contributed by atoms with E-state index in [9.17, 15) is 8.42 Å². The van der Waals surface area contributed by atoms with Crippen LogP contribution >= 0.6 is 0 Å². The quantitative estimate of drug-likeness (QED) is 0.551. The number of hydrogen-bond acceptors (Lipinski definition) is 5. The third-order valence-corrected chi connectivity index (χ3v) is 8.00. The van der Waals surface area contributed by atoms with Gasteiger partial charge in [0.2, 0.25) is 10.0 Å². The molecule has 0 bridgehead atoms. The standard InChI is InChI=1S/C26H32N4O2S/c1-20-10-12-23(13-11-20)18-25-21(2)27-22(3)28-26(25)29-14-7-15-30(17-16-29)33(31,32)19-24-8-5-4-6-9-24/h4-6,8-13H,7,14-19H2,1-3H3. The van der Waals surface area contributed by atoms with E-state index in [2.05, 4.69) is 41.1 Å². The molecule has 4 rings (SSSR count). The van der Waals surface area contributed by atoms with E-state index in [0.29, 0.717) is 19.6 Å². The van der Waals surface area contributed by atoms with Gasteiger partial charge in [-0.05, 0) is 38.3 Å². The Morgan fingerprint density at radius 1 is 0.818 bits per heavy atom. The van der Waals surface area contributed by atoms with Crippen molar-refractivity contribution in [3.05, 3.63) is 88.4 Å². The number of sulfonamides is 1. The minimum Gasteiger partial charge on any atom is -0.355 e. The van der Waals surface area contributed by atoms with Gasteiger partial charge in [-0.2, -0.15) is 4.31 Å². The first-order valence-electron chi connectivity index (χ1n) is 11.5. The second-order valence-corrected chi connectivity index (χ2v) is 10.8. The summed E-state index contributed by atoms with van der Waals surface area (Å²) < 4.78 is 27.8. The van der Waals surface area contributed by atoms with Crippen LogP contribution in [0.25, 0.3) is 0 Å². The lowest BCUT2D eigenvalue weighted by atomic mass is 10.0. The van der Waals surface area contributed by atoms with Gasteiger partial charge in [0, 0.05) is 43.9 Å². The third kappa shape index (κ3) is 5.78. The summed E-state index contributed by atoms with van der Waals surface area (Å²) >= 11 is 0. The number of benzene rings is 2. The number of aromatic nitrogens is 2. The highest BCUT2D eigenvalue weighted by atomic mass is 32.2. The Morgan fingerprint density at radius 3 is 2.27 bits per heavy atom. The molecule has 0 saturated carbocycles. The average molecular weight is 465 g/mol. The molecule has 1 saturated heterocycles. The van der Waals surface area contributed by atoms with Gasteiger partial charge in [-0.25, -0.2) is 18.4 Å². The zero-order chi connectivity index (χ0) is 23.4. The molecule has 2 aromatic carbocycles. The van der Waals surface area contributed by atoms with E-state index in [-0.39, 0.29) is 5.75 Å². The van der Waals surface area contributed by atoms with Crippen molar-refractivity contribution in [1.29, 1.82) is 0 Å². The Morgan fingerprint density at radius 2 is 1.55 bits per heavy atom. The number of nitrogens with zero attached hydrogens (tertiary/aromatic N) is 4. The maximum Gasteiger partial charge on any atom is 0.218 e. The van der Waals surface area contributed by atoms with Gasteiger partial charge in [0.25, 0.3) is 0 Å². The first-order chi connectivity index (χ1) is 15.8. The van der Waals surface area contributed by atoms with Gasteiger partial charge in [-0.15, -0.1) is 0 Å². The van der Waals surface area contributed by atoms with Crippen LogP contribution in [0.1, 0.15) is 40.2 Å². The minimum absolute atomic E-state index is 0.0399. The molecule has 0 amide bonds. The molecule has 0 unspecified atom stereocenters. The first-order valence-corrected chi connectivity index (χ1v) is 13.1. The fourth-order valence-electron chi connectivity index (χ4n) is 4.36. The van der Waals surface area contributed by atoms with Crippen LogP contribution in [0.15, 0.2) is 54.6 Å². The lowest BCUT2D eigenvalue weighted by Crippen LogP contribution is -2.36. The summed E-state index contributed by atoms with van der Waals surface area (Å²) in [5.41, 5.74) is 5.38. The van der Waals surface area contributed by atoms with Crippen molar-refractivity contribution in [2.75, 3.05) is 31.1 Å². The largest absolute Gasteiger partial charge is 0.355 e. The fourth-order valence-corrected chi connectivity index (χ4v) is 5.92. The van der Waals surface area contributed by atoms with E-state index in [1.807, 2.05) is 44.2 Å². The maximum atomic E-state index is 13.1. The molecule has 0 spiro atoms. The SMILES string of the molecule is Cc1ccc(Cc2c(C)nc(C)nc2N2CCCN(S(=O)(=O)Cc3ccccc3)CC2)cc1. The van der Waals surface area contributed by atoms with Gasteiger partial charge in [0.1, 0.15) is 11.6 Å². The van der Waals surface area contributed by atoms with Crippen molar-refractivity contribution in [2.45, 2.75) is 39.4 Å². The van der Waals surface area contributed by atoms with E-state index in [1.165, 1.54) is 11.1 Å². The monoisotopic (exact) mass is 464 g/mol. The van der Waals surface area contributed by atoms with Gasteiger partial charge in [-0.3, -0.25) is 0 Å². The topological polar surface area (TPSA) is 66.4 Å². The van der Waals surface area contributed by atoms with Crippen molar-refractivity contribution in [3.63, 3.8) is 0 Å². The summed E-state index contributed by atoms with van der Waals surface area (Å²) in [6.07, 6.45) is 1.52. The van der Waals surface area contributed by atoms with Crippen LogP contribution in [0.5, 0.6) is 0 Å². The summed E-state index contributed by atoms with van der Waals surface area (Å²) in [4.78, 5) is 11.7. The molecule has 1 aliphatic heterocycles. The van der Waals surface area contributed by atoms with Crippen LogP contribution in [0, 0.1) is 20.8 Å². The van der Waals surface area contributed by atoms with E-state index in [0.717, 1.165) is 47.8 Å². The Bertz CT molecular complexity index is 1190. The Kier molecular flexibility index (Phi) is 7.10. The lowest BCUT2D eigenvalue weighted by Gasteiger charge is -2.26. The molecule has 6 nitrogen and oxygen atoms in total. The van der Waals surface area contributed by atoms with Crippen molar-refractivity contribution in [3.8, 4) is 0 Å². The van der Waals surface area contributed by atoms with Gasteiger partial charge < -0.3 is 4.90 Å². The molecule has 33 heavy (non-hydrogen) atoms. The zero-order valence-electron chi connectivity index (χ0n) is 19.7. The molecule has 3 aromatic rings. The molecule has 2 heterocycles. The predicted octanol–water partition coefficient (Wildman–Crippen LogP) is 4.03. The van der Waals surface area contributed by atoms with Crippen LogP contribution in [-0.2, 0) is 22.2 Å². The highest BCUT2D eigenvalue weighted by Gasteiger charge is 2.27. The average Bonchev–Trinajstić information content (AvgIpc) is 3.04. The minimum atomic E-state index is -3.37. The van der Waals surface area contributed by atoms with E-state index in [4.69, 9.17) is 4.98 Å². The van der Waals surface area contributed by atoms with Crippen LogP contribution in [0.2, 0.25) is 0 Å². The number of rotatable bonds is 6. The molecule has 0 radical (unpaired) electrons. The van der Waals surface area contributed by atoms with Gasteiger partial charge in [0.05, 0.1) is 5.75 Å².